The minimum absolute atomic E-state index is 0.213. The van der Waals surface area contributed by atoms with Crippen LogP contribution in [0.1, 0.15) is 22.8 Å². The zero-order valence-electron chi connectivity index (χ0n) is 22.8. The zero-order valence-corrected chi connectivity index (χ0v) is 22.8. The van der Waals surface area contributed by atoms with E-state index < -0.39 is 0 Å². The first kappa shape index (κ1) is 27.8. The highest BCUT2D eigenvalue weighted by atomic mass is 16.5. The summed E-state index contributed by atoms with van der Waals surface area (Å²) in [5.41, 5.74) is 4.74. The van der Waals surface area contributed by atoms with Gasteiger partial charge in [0.15, 0.2) is 0 Å². The fourth-order valence-electron chi connectivity index (χ4n) is 4.75. The molecule has 0 unspecified atom stereocenters. The van der Waals surface area contributed by atoms with E-state index in [2.05, 4.69) is 31.8 Å². The van der Waals surface area contributed by atoms with E-state index in [0.717, 1.165) is 61.0 Å². The van der Waals surface area contributed by atoms with Crippen molar-refractivity contribution in [2.45, 2.75) is 13.3 Å². The molecule has 1 saturated heterocycles. The van der Waals surface area contributed by atoms with E-state index in [1.165, 1.54) is 0 Å². The summed E-state index contributed by atoms with van der Waals surface area (Å²) in [5.74, 6) is 0.633. The molecule has 0 aliphatic carbocycles. The van der Waals surface area contributed by atoms with E-state index in [0.29, 0.717) is 24.4 Å². The fourth-order valence-corrected chi connectivity index (χ4v) is 4.75. The SMILES string of the molecule is CCc1ccccc1NC(=O)Nc1ccc(N2CCN(c3ccccc3OC)CC2)c(C(=O)NCCOC)c1. The first-order valence-electron chi connectivity index (χ1n) is 13.2. The first-order valence-corrected chi connectivity index (χ1v) is 13.2. The Morgan fingerprint density at radius 2 is 1.54 bits per heavy atom. The molecule has 4 rings (SSSR count). The van der Waals surface area contributed by atoms with Crippen LogP contribution in [0.5, 0.6) is 5.75 Å². The van der Waals surface area contributed by atoms with Crippen molar-refractivity contribution in [2.75, 3.05) is 74.0 Å². The van der Waals surface area contributed by atoms with Crippen molar-refractivity contribution < 1.29 is 19.1 Å². The maximum absolute atomic E-state index is 13.2. The summed E-state index contributed by atoms with van der Waals surface area (Å²) < 4.78 is 10.6. The Hall–Kier alpha value is -4.24. The largest absolute Gasteiger partial charge is 0.495 e. The van der Waals surface area contributed by atoms with Crippen LogP contribution in [0.15, 0.2) is 66.7 Å². The summed E-state index contributed by atoms with van der Waals surface area (Å²) in [7, 11) is 3.28. The predicted molar refractivity (Wildman–Crippen MR) is 157 cm³/mol. The fraction of sp³-hybridized carbons (Fsp3) is 0.333. The summed E-state index contributed by atoms with van der Waals surface area (Å²) in [5, 5.41) is 8.71. The van der Waals surface area contributed by atoms with Gasteiger partial charge in [-0.1, -0.05) is 37.3 Å². The molecule has 0 atom stereocenters. The number of carbonyl (C=O) groups excluding carboxylic acids is 2. The number of ether oxygens (including phenoxy) is 2. The number of urea groups is 1. The monoisotopic (exact) mass is 531 g/mol. The Bertz CT molecular complexity index is 1270. The third-order valence-electron chi connectivity index (χ3n) is 6.78. The molecule has 3 N–H and O–H groups in total. The van der Waals surface area contributed by atoms with Crippen LogP contribution in [0.4, 0.5) is 27.5 Å². The van der Waals surface area contributed by atoms with E-state index in [-0.39, 0.29) is 11.9 Å². The van der Waals surface area contributed by atoms with Crippen molar-refractivity contribution in [3.63, 3.8) is 0 Å². The van der Waals surface area contributed by atoms with Crippen molar-refractivity contribution in [3.05, 3.63) is 77.9 Å². The molecule has 1 fully saturated rings. The second-order valence-electron chi connectivity index (χ2n) is 9.22. The maximum Gasteiger partial charge on any atom is 0.323 e. The van der Waals surface area contributed by atoms with Gasteiger partial charge in [-0.25, -0.2) is 4.79 Å². The number of para-hydroxylation sites is 3. The molecule has 3 amide bonds. The van der Waals surface area contributed by atoms with Crippen molar-refractivity contribution in [2.24, 2.45) is 0 Å². The molecule has 9 nitrogen and oxygen atoms in total. The van der Waals surface area contributed by atoms with Crippen LogP contribution in [-0.2, 0) is 11.2 Å². The minimum Gasteiger partial charge on any atom is -0.495 e. The lowest BCUT2D eigenvalue weighted by Gasteiger charge is -2.38. The molecule has 9 heteroatoms. The highest BCUT2D eigenvalue weighted by molar-refractivity contribution is 6.04. The van der Waals surface area contributed by atoms with E-state index in [9.17, 15) is 9.59 Å². The van der Waals surface area contributed by atoms with Crippen LogP contribution in [-0.4, -0.2) is 65.5 Å². The topological polar surface area (TPSA) is 95.2 Å². The van der Waals surface area contributed by atoms with E-state index in [1.54, 1.807) is 20.3 Å². The summed E-state index contributed by atoms with van der Waals surface area (Å²) in [6.45, 7) is 5.88. The van der Waals surface area contributed by atoms with Gasteiger partial charge in [0.2, 0.25) is 0 Å². The van der Waals surface area contributed by atoms with Crippen LogP contribution >= 0.6 is 0 Å². The lowest BCUT2D eigenvalue weighted by molar-refractivity contribution is 0.0937. The minimum atomic E-state index is -0.361. The number of hydrogen-bond acceptors (Lipinski definition) is 6. The van der Waals surface area contributed by atoms with Crippen LogP contribution in [0.2, 0.25) is 0 Å². The van der Waals surface area contributed by atoms with Crippen LogP contribution in [0.3, 0.4) is 0 Å². The number of aryl methyl sites for hydroxylation is 1. The second kappa shape index (κ2) is 13.5. The lowest BCUT2D eigenvalue weighted by atomic mass is 10.1. The molecule has 39 heavy (non-hydrogen) atoms. The van der Waals surface area contributed by atoms with Crippen molar-refractivity contribution in [1.29, 1.82) is 0 Å². The number of nitrogens with zero attached hydrogens (tertiary/aromatic N) is 2. The quantitative estimate of drug-likeness (QED) is 0.331. The first-order chi connectivity index (χ1) is 19.0. The van der Waals surface area contributed by atoms with Gasteiger partial charge in [0.05, 0.1) is 25.0 Å². The molecule has 0 aromatic heterocycles. The van der Waals surface area contributed by atoms with Gasteiger partial charge in [-0.3, -0.25) is 4.79 Å². The Balaban J connectivity index is 1.50. The summed E-state index contributed by atoms with van der Waals surface area (Å²) in [6.07, 6.45) is 0.807. The van der Waals surface area contributed by atoms with Gasteiger partial charge >= 0.3 is 6.03 Å². The molecule has 0 saturated carbocycles. The van der Waals surface area contributed by atoms with Gasteiger partial charge in [-0.05, 0) is 48.4 Å². The number of amides is 3. The number of piperazine rings is 1. The average molecular weight is 532 g/mol. The number of methoxy groups -OCH3 is 2. The third-order valence-corrected chi connectivity index (χ3v) is 6.78. The zero-order chi connectivity index (χ0) is 27.6. The molecule has 1 aliphatic heterocycles. The van der Waals surface area contributed by atoms with Crippen molar-refractivity contribution in [3.8, 4) is 5.75 Å². The van der Waals surface area contributed by atoms with Crippen LogP contribution in [0, 0.1) is 0 Å². The highest BCUT2D eigenvalue weighted by Crippen LogP contribution is 2.31. The average Bonchev–Trinajstić information content (AvgIpc) is 2.97. The number of hydrogen-bond donors (Lipinski definition) is 3. The standard InChI is InChI=1S/C30H37N5O4/c1-4-22-9-5-6-10-25(22)33-30(37)32-23-13-14-26(24(21-23)29(36)31-15-20-38-2)34-16-18-35(19-17-34)27-11-7-8-12-28(27)39-3/h5-14,21H,4,15-20H2,1-3H3,(H,31,36)(H2,32,33,37). The molecule has 0 spiro atoms. The normalized spacial score (nSPS) is 13.1. The van der Waals surface area contributed by atoms with Gasteiger partial charge in [-0.15, -0.1) is 0 Å². The number of anilines is 4. The Labute approximate surface area is 230 Å². The summed E-state index contributed by atoms with van der Waals surface area (Å²) in [4.78, 5) is 30.5. The highest BCUT2D eigenvalue weighted by Gasteiger charge is 2.24. The van der Waals surface area contributed by atoms with E-state index >= 15 is 0 Å². The van der Waals surface area contributed by atoms with E-state index in [4.69, 9.17) is 9.47 Å². The molecule has 0 radical (unpaired) electrons. The van der Waals surface area contributed by atoms with Crippen LogP contribution < -0.4 is 30.5 Å². The summed E-state index contributed by atoms with van der Waals surface area (Å²) >= 11 is 0. The third kappa shape index (κ3) is 7.00. The van der Waals surface area contributed by atoms with Crippen LogP contribution in [0.25, 0.3) is 0 Å². The molecule has 1 heterocycles. The predicted octanol–water partition coefficient (Wildman–Crippen LogP) is 4.60. The number of nitrogens with one attached hydrogen (secondary N) is 3. The lowest BCUT2D eigenvalue weighted by Crippen LogP contribution is -2.47. The summed E-state index contributed by atoms with van der Waals surface area (Å²) in [6, 6.07) is 20.8. The number of carbonyl (C=O) groups is 2. The molecule has 206 valence electrons. The van der Waals surface area contributed by atoms with Gasteiger partial charge < -0.3 is 35.2 Å². The molecule has 3 aromatic carbocycles. The second-order valence-corrected chi connectivity index (χ2v) is 9.22. The van der Waals surface area contributed by atoms with Crippen molar-refractivity contribution in [1.82, 2.24) is 5.32 Å². The maximum atomic E-state index is 13.2. The Morgan fingerprint density at radius 1 is 0.846 bits per heavy atom. The Kier molecular flexibility index (Phi) is 9.64. The van der Waals surface area contributed by atoms with Crippen molar-refractivity contribution >= 4 is 34.7 Å². The van der Waals surface area contributed by atoms with Gasteiger partial charge in [0.25, 0.3) is 5.91 Å². The van der Waals surface area contributed by atoms with Gasteiger partial charge in [0, 0.05) is 56.9 Å². The number of benzene rings is 3. The molecular weight excluding hydrogens is 494 g/mol. The van der Waals surface area contributed by atoms with Gasteiger partial charge in [-0.2, -0.15) is 0 Å². The molecular formula is C30H37N5O4. The Morgan fingerprint density at radius 3 is 2.26 bits per heavy atom. The van der Waals surface area contributed by atoms with Gasteiger partial charge in [0.1, 0.15) is 5.75 Å². The molecule has 0 bridgehead atoms. The number of rotatable bonds is 10. The molecule has 1 aliphatic rings. The smallest absolute Gasteiger partial charge is 0.323 e. The van der Waals surface area contributed by atoms with E-state index in [1.807, 2.05) is 61.5 Å². The molecule has 3 aromatic rings.